The number of hydrogen-bond acceptors (Lipinski definition) is 6. The number of likely N-dealkylation sites (tertiary alicyclic amines) is 1. The highest BCUT2D eigenvalue weighted by Gasteiger charge is 2.24. The molecule has 27 heavy (non-hydrogen) atoms. The molecule has 0 bridgehead atoms. The lowest BCUT2D eigenvalue weighted by Gasteiger charge is -2.35. The minimum Gasteiger partial charge on any atom is -0.480 e. The van der Waals surface area contributed by atoms with E-state index in [4.69, 9.17) is 9.63 Å². The number of carboxylic acid groups (broad SMARTS) is 1. The van der Waals surface area contributed by atoms with Crippen LogP contribution in [-0.4, -0.2) is 63.7 Å². The topological polar surface area (TPSA) is 82.7 Å². The Morgan fingerprint density at radius 2 is 2.04 bits per heavy atom. The standard InChI is InChI=1S/C19H26N4O3.ClH/c1-14-5-3-4-6-15(14)11-17-20-18(26-21-17)12-23-9-7-16(8-10-23)22(2)13-19(24)25;/h3-6,16H,7-13H2,1-2H3,(H,24,25);1H. The van der Waals surface area contributed by atoms with Crippen LogP contribution >= 0.6 is 12.4 Å². The smallest absolute Gasteiger partial charge is 0.317 e. The first-order chi connectivity index (χ1) is 12.5. The number of benzene rings is 1. The first-order valence-electron chi connectivity index (χ1n) is 9.01. The fraction of sp³-hybridized carbons (Fsp3) is 0.526. The van der Waals surface area contributed by atoms with Gasteiger partial charge in [0.2, 0.25) is 5.89 Å². The molecule has 1 aliphatic rings. The molecule has 148 valence electrons. The third kappa shape index (κ3) is 6.02. The lowest BCUT2D eigenvalue weighted by molar-refractivity contribution is -0.138. The summed E-state index contributed by atoms with van der Waals surface area (Å²) in [5.41, 5.74) is 2.44. The van der Waals surface area contributed by atoms with Crippen LogP contribution in [0.1, 0.15) is 35.7 Å². The van der Waals surface area contributed by atoms with Crippen LogP contribution in [-0.2, 0) is 17.8 Å². The van der Waals surface area contributed by atoms with Gasteiger partial charge in [0.25, 0.3) is 0 Å². The van der Waals surface area contributed by atoms with E-state index in [1.165, 1.54) is 11.1 Å². The molecule has 1 aliphatic heterocycles. The molecule has 0 radical (unpaired) electrons. The van der Waals surface area contributed by atoms with Gasteiger partial charge in [-0.15, -0.1) is 12.4 Å². The molecule has 0 spiro atoms. The number of halogens is 1. The lowest BCUT2D eigenvalue weighted by atomic mass is 10.0. The van der Waals surface area contributed by atoms with E-state index in [2.05, 4.69) is 34.1 Å². The van der Waals surface area contributed by atoms with E-state index in [0.29, 0.717) is 30.7 Å². The average molecular weight is 395 g/mol. The van der Waals surface area contributed by atoms with E-state index >= 15 is 0 Å². The summed E-state index contributed by atoms with van der Waals surface area (Å²) in [7, 11) is 1.88. The average Bonchev–Trinajstić information content (AvgIpc) is 3.04. The van der Waals surface area contributed by atoms with Crippen molar-refractivity contribution in [2.75, 3.05) is 26.7 Å². The largest absolute Gasteiger partial charge is 0.480 e. The molecular weight excluding hydrogens is 368 g/mol. The van der Waals surface area contributed by atoms with Crippen molar-refractivity contribution in [2.45, 2.75) is 38.8 Å². The van der Waals surface area contributed by atoms with Crippen LogP contribution in [0.25, 0.3) is 0 Å². The van der Waals surface area contributed by atoms with E-state index in [-0.39, 0.29) is 19.0 Å². The third-order valence-corrected chi connectivity index (χ3v) is 5.04. The van der Waals surface area contributed by atoms with Crippen molar-refractivity contribution in [3.8, 4) is 0 Å². The van der Waals surface area contributed by atoms with Gasteiger partial charge < -0.3 is 9.63 Å². The summed E-state index contributed by atoms with van der Waals surface area (Å²) in [5.74, 6) is 0.582. The Kier molecular flexibility index (Phi) is 7.77. The van der Waals surface area contributed by atoms with Crippen LogP contribution in [0.4, 0.5) is 0 Å². The molecule has 1 aromatic heterocycles. The van der Waals surface area contributed by atoms with Gasteiger partial charge in [-0.25, -0.2) is 0 Å². The van der Waals surface area contributed by atoms with Crippen molar-refractivity contribution >= 4 is 18.4 Å². The third-order valence-electron chi connectivity index (χ3n) is 5.04. The zero-order valence-corrected chi connectivity index (χ0v) is 16.6. The molecule has 0 unspecified atom stereocenters. The van der Waals surface area contributed by atoms with Gasteiger partial charge in [0.15, 0.2) is 5.82 Å². The molecule has 0 atom stereocenters. The lowest BCUT2D eigenvalue weighted by Crippen LogP contribution is -2.44. The molecule has 1 aromatic carbocycles. The van der Waals surface area contributed by atoms with E-state index in [1.54, 1.807) is 0 Å². The Morgan fingerprint density at radius 1 is 1.33 bits per heavy atom. The molecule has 1 fully saturated rings. The predicted molar refractivity (Wildman–Crippen MR) is 104 cm³/mol. The van der Waals surface area contributed by atoms with Crippen LogP contribution < -0.4 is 0 Å². The maximum Gasteiger partial charge on any atom is 0.317 e. The van der Waals surface area contributed by atoms with Crippen molar-refractivity contribution in [3.05, 3.63) is 47.1 Å². The number of rotatable bonds is 7. The summed E-state index contributed by atoms with van der Waals surface area (Å²) < 4.78 is 5.42. The SMILES string of the molecule is Cc1ccccc1Cc1noc(CN2CCC(N(C)CC(=O)O)CC2)n1.Cl. The van der Waals surface area contributed by atoms with Gasteiger partial charge in [-0.3, -0.25) is 14.6 Å². The quantitative estimate of drug-likeness (QED) is 0.771. The van der Waals surface area contributed by atoms with Crippen molar-refractivity contribution in [1.82, 2.24) is 19.9 Å². The van der Waals surface area contributed by atoms with Crippen molar-refractivity contribution in [3.63, 3.8) is 0 Å². The maximum absolute atomic E-state index is 10.8. The van der Waals surface area contributed by atoms with Gasteiger partial charge in [0.1, 0.15) is 0 Å². The van der Waals surface area contributed by atoms with Crippen molar-refractivity contribution in [1.29, 1.82) is 0 Å². The van der Waals surface area contributed by atoms with E-state index in [1.807, 2.05) is 24.1 Å². The molecule has 2 aromatic rings. The number of piperidine rings is 1. The maximum atomic E-state index is 10.8. The van der Waals surface area contributed by atoms with E-state index < -0.39 is 5.97 Å². The van der Waals surface area contributed by atoms with Gasteiger partial charge in [0, 0.05) is 25.6 Å². The Bertz CT molecular complexity index is 744. The zero-order valence-electron chi connectivity index (χ0n) is 15.8. The molecule has 1 N–H and O–H groups in total. The van der Waals surface area contributed by atoms with Crippen LogP contribution in [0.15, 0.2) is 28.8 Å². The minimum atomic E-state index is -0.776. The van der Waals surface area contributed by atoms with Crippen molar-refractivity contribution < 1.29 is 14.4 Å². The van der Waals surface area contributed by atoms with Crippen LogP contribution in [0.5, 0.6) is 0 Å². The number of likely N-dealkylation sites (N-methyl/N-ethyl adjacent to an activating group) is 1. The first-order valence-corrected chi connectivity index (χ1v) is 9.01. The fourth-order valence-electron chi connectivity index (χ4n) is 3.46. The first kappa shape index (κ1) is 21.3. The van der Waals surface area contributed by atoms with E-state index in [0.717, 1.165) is 25.9 Å². The monoisotopic (exact) mass is 394 g/mol. The highest BCUT2D eigenvalue weighted by molar-refractivity contribution is 5.85. The Labute approximate surface area is 165 Å². The molecular formula is C19H27ClN4O3. The van der Waals surface area contributed by atoms with Crippen LogP contribution in [0.3, 0.4) is 0 Å². The molecule has 2 heterocycles. The molecule has 3 rings (SSSR count). The summed E-state index contributed by atoms with van der Waals surface area (Å²) in [6, 6.07) is 8.54. The summed E-state index contributed by atoms with van der Waals surface area (Å²) in [6.07, 6.45) is 2.58. The van der Waals surface area contributed by atoms with Gasteiger partial charge in [-0.05, 0) is 37.9 Å². The Hall–Kier alpha value is -1.96. The number of aryl methyl sites for hydroxylation is 1. The van der Waals surface area contributed by atoms with Crippen LogP contribution in [0, 0.1) is 6.92 Å². The normalized spacial score (nSPS) is 15.7. The summed E-state index contributed by atoms with van der Waals surface area (Å²) in [6.45, 7) is 4.64. The zero-order chi connectivity index (χ0) is 18.5. The number of nitrogens with zero attached hydrogens (tertiary/aromatic N) is 4. The highest BCUT2D eigenvalue weighted by Crippen LogP contribution is 2.18. The Morgan fingerprint density at radius 3 is 2.70 bits per heavy atom. The van der Waals surface area contributed by atoms with Crippen molar-refractivity contribution in [2.24, 2.45) is 0 Å². The summed E-state index contributed by atoms with van der Waals surface area (Å²) in [4.78, 5) is 19.6. The second-order valence-electron chi connectivity index (χ2n) is 7.02. The van der Waals surface area contributed by atoms with Gasteiger partial charge in [-0.1, -0.05) is 29.4 Å². The van der Waals surface area contributed by atoms with Gasteiger partial charge in [-0.2, -0.15) is 4.98 Å². The number of aromatic nitrogens is 2. The molecule has 0 aliphatic carbocycles. The molecule has 8 heteroatoms. The van der Waals surface area contributed by atoms with Crippen LogP contribution in [0.2, 0.25) is 0 Å². The second-order valence-corrected chi connectivity index (χ2v) is 7.02. The molecule has 0 amide bonds. The van der Waals surface area contributed by atoms with Gasteiger partial charge >= 0.3 is 5.97 Å². The number of carbonyl (C=O) groups is 1. The number of carboxylic acids is 1. The summed E-state index contributed by atoms with van der Waals surface area (Å²) >= 11 is 0. The fourth-order valence-corrected chi connectivity index (χ4v) is 3.46. The molecule has 1 saturated heterocycles. The minimum absolute atomic E-state index is 0. The predicted octanol–water partition coefficient (Wildman–Crippen LogP) is 2.37. The number of hydrogen-bond donors (Lipinski definition) is 1. The van der Waals surface area contributed by atoms with E-state index in [9.17, 15) is 4.79 Å². The highest BCUT2D eigenvalue weighted by atomic mass is 35.5. The van der Waals surface area contributed by atoms with Gasteiger partial charge in [0.05, 0.1) is 13.1 Å². The summed E-state index contributed by atoms with van der Waals surface area (Å²) in [5, 5.41) is 13.0. The molecule has 0 saturated carbocycles. The Balaban J connectivity index is 0.00000261. The molecule has 7 nitrogen and oxygen atoms in total. The number of aliphatic carboxylic acids is 1. The second kappa shape index (κ2) is 9.82.